The molecule has 1 heterocycles. The summed E-state index contributed by atoms with van der Waals surface area (Å²) in [6, 6.07) is 0.443. The van der Waals surface area contributed by atoms with Crippen LogP contribution in [0.25, 0.3) is 0 Å². The lowest BCUT2D eigenvalue weighted by Crippen LogP contribution is -2.36. The summed E-state index contributed by atoms with van der Waals surface area (Å²) in [4.78, 5) is 0. The number of rotatable bonds is 3. The smallest absolute Gasteiger partial charge is 0.101 e. The van der Waals surface area contributed by atoms with Crippen LogP contribution in [0.1, 0.15) is 32.6 Å². The first-order valence-electron chi connectivity index (χ1n) is 6.27. The van der Waals surface area contributed by atoms with E-state index in [1.807, 2.05) is 0 Å². The fourth-order valence-electron chi connectivity index (χ4n) is 1.70. The Kier molecular flexibility index (Phi) is 7.93. The quantitative estimate of drug-likeness (QED) is 0.723. The van der Waals surface area contributed by atoms with Crippen LogP contribution in [-0.4, -0.2) is 66.7 Å². The van der Waals surface area contributed by atoms with Crippen molar-refractivity contribution in [3.05, 3.63) is 0 Å². The van der Waals surface area contributed by atoms with Gasteiger partial charge in [-0.15, -0.1) is 0 Å². The molecule has 1 aliphatic heterocycles. The van der Waals surface area contributed by atoms with Crippen LogP contribution < -0.4 is 0 Å². The van der Waals surface area contributed by atoms with E-state index in [9.17, 15) is 5.21 Å². The third-order valence-corrected chi connectivity index (χ3v) is 2.84. The molecule has 2 N–H and O–H groups in total. The number of nitrogens with zero attached hydrogens (tertiary/aromatic N) is 2. The molecule has 1 fully saturated rings. The van der Waals surface area contributed by atoms with Crippen molar-refractivity contribution >= 4 is 0 Å². The van der Waals surface area contributed by atoms with Crippen LogP contribution >= 0.6 is 0 Å². The Balaban J connectivity index is 0.000000293. The summed E-state index contributed by atoms with van der Waals surface area (Å²) in [5.74, 6) is 0. The van der Waals surface area contributed by atoms with Gasteiger partial charge in [0.15, 0.2) is 0 Å². The van der Waals surface area contributed by atoms with Crippen LogP contribution in [0.2, 0.25) is 0 Å². The maximum Gasteiger partial charge on any atom is 0.101 e. The van der Waals surface area contributed by atoms with E-state index in [0.29, 0.717) is 6.04 Å². The Morgan fingerprint density at radius 2 is 1.88 bits per heavy atom. The minimum absolute atomic E-state index is 0.281. The van der Waals surface area contributed by atoms with Gasteiger partial charge in [-0.2, -0.15) is 5.06 Å². The molecule has 1 saturated heterocycles. The number of quaternary nitrogens is 1. The highest BCUT2D eigenvalue weighted by molar-refractivity contribution is 4.68. The van der Waals surface area contributed by atoms with Crippen LogP contribution in [0.3, 0.4) is 0 Å². The first-order valence-corrected chi connectivity index (χ1v) is 6.27. The van der Waals surface area contributed by atoms with Crippen molar-refractivity contribution in [3.63, 3.8) is 0 Å². The zero-order valence-electron chi connectivity index (χ0n) is 11.3. The van der Waals surface area contributed by atoms with Crippen molar-refractivity contribution in [2.24, 2.45) is 0 Å². The fraction of sp³-hybridized carbons (Fsp3) is 1.00. The predicted octanol–water partition coefficient (Wildman–Crippen LogP) is 1.32. The monoisotopic (exact) mass is 233 g/mol. The van der Waals surface area contributed by atoms with Gasteiger partial charge in [-0.25, -0.2) is 0 Å². The summed E-state index contributed by atoms with van der Waals surface area (Å²) in [6.07, 6.45) is 4.70. The van der Waals surface area contributed by atoms with Gasteiger partial charge in [0.05, 0.1) is 27.7 Å². The molecule has 1 aliphatic rings. The number of aliphatic hydroxyl groups is 1. The average Bonchev–Trinajstić information content (AvgIpc) is 2.17. The molecule has 1 rings (SSSR count). The lowest BCUT2D eigenvalue weighted by atomic mass is 10.0. The van der Waals surface area contributed by atoms with E-state index < -0.39 is 0 Å². The van der Waals surface area contributed by atoms with E-state index in [1.54, 1.807) is 0 Å². The van der Waals surface area contributed by atoms with Gasteiger partial charge in [0.25, 0.3) is 0 Å². The van der Waals surface area contributed by atoms with Crippen molar-refractivity contribution in [2.45, 2.75) is 38.6 Å². The van der Waals surface area contributed by atoms with Gasteiger partial charge in [0.2, 0.25) is 0 Å². The first-order chi connectivity index (χ1) is 7.40. The highest BCUT2D eigenvalue weighted by Gasteiger charge is 2.17. The molecule has 0 aromatic carbocycles. The van der Waals surface area contributed by atoms with Gasteiger partial charge in [-0.05, 0) is 19.3 Å². The third kappa shape index (κ3) is 8.05. The van der Waals surface area contributed by atoms with Crippen LogP contribution in [0, 0.1) is 0 Å². The number of hydrogen-bond donors (Lipinski definition) is 2. The lowest BCUT2D eigenvalue weighted by molar-refractivity contribution is -0.870. The Morgan fingerprint density at radius 3 is 2.12 bits per heavy atom. The Hall–Kier alpha value is -0.160. The molecule has 98 valence electrons. The van der Waals surface area contributed by atoms with Crippen molar-refractivity contribution in [1.82, 2.24) is 5.06 Å². The molecule has 0 saturated carbocycles. The highest BCUT2D eigenvalue weighted by atomic mass is 16.5. The van der Waals surface area contributed by atoms with E-state index in [4.69, 9.17) is 5.11 Å². The molecule has 0 amide bonds. The second-order valence-electron chi connectivity index (χ2n) is 5.46. The fourth-order valence-corrected chi connectivity index (χ4v) is 1.70. The molecule has 0 spiro atoms. The molecule has 0 aromatic heterocycles. The lowest BCUT2D eigenvalue weighted by Gasteiger charge is -2.29. The summed E-state index contributed by atoms with van der Waals surface area (Å²) >= 11 is 0. The van der Waals surface area contributed by atoms with Gasteiger partial charge < -0.3 is 14.8 Å². The first kappa shape index (κ1) is 15.8. The number of likely N-dealkylation sites (N-methyl/N-ethyl adjacent to an activating group) is 1. The summed E-state index contributed by atoms with van der Waals surface area (Å²) in [5.41, 5.74) is 0. The molecule has 0 radical (unpaired) electrons. The van der Waals surface area contributed by atoms with E-state index in [-0.39, 0.29) is 6.61 Å². The minimum Gasteiger partial charge on any atom is -0.391 e. The van der Waals surface area contributed by atoms with E-state index in [2.05, 4.69) is 28.1 Å². The maximum atomic E-state index is 9.20. The zero-order chi connectivity index (χ0) is 12.6. The largest absolute Gasteiger partial charge is 0.391 e. The van der Waals surface area contributed by atoms with Crippen LogP contribution in [0.15, 0.2) is 0 Å². The van der Waals surface area contributed by atoms with Gasteiger partial charge in [0.1, 0.15) is 6.54 Å². The Morgan fingerprint density at radius 1 is 1.25 bits per heavy atom. The average molecular weight is 233 g/mol. The topological polar surface area (TPSA) is 43.7 Å². The third-order valence-electron chi connectivity index (χ3n) is 2.84. The summed E-state index contributed by atoms with van der Waals surface area (Å²) in [6.45, 7) is 4.11. The summed E-state index contributed by atoms with van der Waals surface area (Å²) in [7, 11) is 6.16. The van der Waals surface area contributed by atoms with Gasteiger partial charge >= 0.3 is 0 Å². The SMILES string of the molecule is CCC1CCCCN1O.C[N+](C)(C)CCO. The summed E-state index contributed by atoms with van der Waals surface area (Å²) in [5, 5.41) is 19.1. The van der Waals surface area contributed by atoms with Crippen LogP contribution in [-0.2, 0) is 0 Å². The van der Waals surface area contributed by atoms with Gasteiger partial charge in [-0.1, -0.05) is 13.3 Å². The zero-order valence-corrected chi connectivity index (χ0v) is 11.3. The molecule has 4 heteroatoms. The molecule has 1 atom stereocenters. The molecule has 0 aliphatic carbocycles. The van der Waals surface area contributed by atoms with Crippen LogP contribution in [0.4, 0.5) is 0 Å². The molecular formula is C12H29N2O2+. The summed E-state index contributed by atoms with van der Waals surface area (Å²) < 4.78 is 0.844. The molecule has 0 aromatic rings. The maximum absolute atomic E-state index is 9.20. The number of hydrogen-bond acceptors (Lipinski definition) is 3. The predicted molar refractivity (Wildman–Crippen MR) is 66.4 cm³/mol. The molecular weight excluding hydrogens is 204 g/mol. The Labute approximate surface area is 100 Å². The normalized spacial score (nSPS) is 22.5. The van der Waals surface area contributed by atoms with Crippen molar-refractivity contribution in [2.75, 3.05) is 40.8 Å². The number of piperidine rings is 1. The molecule has 16 heavy (non-hydrogen) atoms. The second-order valence-corrected chi connectivity index (χ2v) is 5.46. The molecule has 0 bridgehead atoms. The van der Waals surface area contributed by atoms with E-state index in [1.165, 1.54) is 17.9 Å². The van der Waals surface area contributed by atoms with Crippen LogP contribution in [0.5, 0.6) is 0 Å². The van der Waals surface area contributed by atoms with E-state index >= 15 is 0 Å². The van der Waals surface area contributed by atoms with Crippen molar-refractivity contribution < 1.29 is 14.8 Å². The van der Waals surface area contributed by atoms with Gasteiger partial charge in [0, 0.05) is 12.6 Å². The van der Waals surface area contributed by atoms with Crippen molar-refractivity contribution in [1.29, 1.82) is 0 Å². The molecule has 4 nitrogen and oxygen atoms in total. The molecule has 1 unspecified atom stereocenters. The van der Waals surface area contributed by atoms with Crippen molar-refractivity contribution in [3.8, 4) is 0 Å². The highest BCUT2D eigenvalue weighted by Crippen LogP contribution is 2.16. The Bertz CT molecular complexity index is 169. The number of aliphatic hydroxyl groups excluding tert-OH is 1. The standard InChI is InChI=1S/C7H15NO.C5H14NO/c1-2-7-5-3-4-6-8(7)9;1-6(2,3)4-5-7/h7,9H,2-6H2,1H3;7H,4-5H2,1-3H3/q;+1. The second kappa shape index (κ2) is 8.01. The van der Waals surface area contributed by atoms with Gasteiger partial charge in [-0.3, -0.25) is 0 Å². The minimum atomic E-state index is 0.281. The number of hydroxylamine groups is 2. The van der Waals surface area contributed by atoms with E-state index in [0.717, 1.165) is 30.4 Å².